The molecular formula is C11H15Br2NO2S. The van der Waals surface area contributed by atoms with Crippen molar-refractivity contribution in [3.05, 3.63) is 19.2 Å². The fraction of sp³-hybridized carbons (Fsp3) is 0.545. The van der Waals surface area contributed by atoms with E-state index in [-0.39, 0.29) is 12.5 Å². The third kappa shape index (κ3) is 4.69. The molecule has 0 aliphatic rings. The molecule has 0 spiro atoms. The molecule has 0 fully saturated rings. The Balaban J connectivity index is 2.66. The maximum absolute atomic E-state index is 10.7. The highest BCUT2D eigenvalue weighted by Gasteiger charge is 2.17. The van der Waals surface area contributed by atoms with Crippen LogP contribution in [0.5, 0.6) is 0 Å². The molecule has 1 rings (SSSR count). The highest BCUT2D eigenvalue weighted by Crippen LogP contribution is 2.33. The zero-order valence-corrected chi connectivity index (χ0v) is 13.7. The molecule has 0 saturated heterocycles. The molecule has 1 heterocycles. The van der Waals surface area contributed by atoms with Crippen molar-refractivity contribution in [1.29, 1.82) is 0 Å². The van der Waals surface area contributed by atoms with Crippen molar-refractivity contribution in [1.82, 2.24) is 4.90 Å². The SMILES string of the molecule is CCN(Cc1cc(Br)c(Br)s1)C(C)CC(=O)O. The Hall–Kier alpha value is 0.0900. The summed E-state index contributed by atoms with van der Waals surface area (Å²) in [5, 5.41) is 8.80. The van der Waals surface area contributed by atoms with Gasteiger partial charge in [0, 0.05) is 21.9 Å². The molecule has 1 N–H and O–H groups in total. The van der Waals surface area contributed by atoms with Gasteiger partial charge in [-0.1, -0.05) is 6.92 Å². The fourth-order valence-corrected chi connectivity index (χ4v) is 3.83. The van der Waals surface area contributed by atoms with Crippen LogP contribution >= 0.6 is 43.2 Å². The smallest absolute Gasteiger partial charge is 0.304 e. The number of hydrogen-bond donors (Lipinski definition) is 1. The molecule has 6 heteroatoms. The Morgan fingerprint density at radius 1 is 1.59 bits per heavy atom. The third-order valence-electron chi connectivity index (χ3n) is 2.55. The van der Waals surface area contributed by atoms with Crippen LogP contribution < -0.4 is 0 Å². The Bertz CT molecular complexity index is 375. The van der Waals surface area contributed by atoms with E-state index >= 15 is 0 Å². The van der Waals surface area contributed by atoms with Crippen LogP contribution in [0.15, 0.2) is 14.3 Å². The van der Waals surface area contributed by atoms with E-state index < -0.39 is 5.97 Å². The molecule has 0 aliphatic heterocycles. The van der Waals surface area contributed by atoms with Crippen molar-refractivity contribution < 1.29 is 9.90 Å². The van der Waals surface area contributed by atoms with E-state index in [1.165, 1.54) is 4.88 Å². The first kappa shape index (κ1) is 15.1. The van der Waals surface area contributed by atoms with Gasteiger partial charge < -0.3 is 5.11 Å². The summed E-state index contributed by atoms with van der Waals surface area (Å²) in [4.78, 5) is 14.1. The van der Waals surface area contributed by atoms with E-state index in [1.807, 2.05) is 6.92 Å². The lowest BCUT2D eigenvalue weighted by Crippen LogP contribution is -2.33. The molecule has 3 nitrogen and oxygen atoms in total. The summed E-state index contributed by atoms with van der Waals surface area (Å²) in [6.07, 6.45) is 0.182. The average molecular weight is 385 g/mol. The lowest BCUT2D eigenvalue weighted by atomic mass is 10.2. The summed E-state index contributed by atoms with van der Waals surface area (Å²) < 4.78 is 2.13. The second-order valence-corrected chi connectivity index (χ2v) is 7.15. The van der Waals surface area contributed by atoms with Gasteiger partial charge in [-0.15, -0.1) is 11.3 Å². The number of aliphatic carboxylic acids is 1. The number of carboxylic acid groups (broad SMARTS) is 1. The molecule has 0 amide bonds. The summed E-state index contributed by atoms with van der Waals surface area (Å²) >= 11 is 8.60. The predicted molar refractivity (Wildman–Crippen MR) is 77.5 cm³/mol. The van der Waals surface area contributed by atoms with E-state index in [0.717, 1.165) is 21.3 Å². The van der Waals surface area contributed by atoms with E-state index in [2.05, 4.69) is 49.7 Å². The Morgan fingerprint density at radius 2 is 2.24 bits per heavy atom. The molecule has 1 unspecified atom stereocenters. The molecule has 1 aromatic rings. The van der Waals surface area contributed by atoms with Gasteiger partial charge in [0.2, 0.25) is 0 Å². The topological polar surface area (TPSA) is 40.5 Å². The van der Waals surface area contributed by atoms with E-state index in [9.17, 15) is 4.79 Å². The van der Waals surface area contributed by atoms with Gasteiger partial charge in [0.25, 0.3) is 0 Å². The summed E-state index contributed by atoms with van der Waals surface area (Å²) in [6, 6.07) is 2.13. The number of carboxylic acids is 1. The quantitative estimate of drug-likeness (QED) is 0.806. The van der Waals surface area contributed by atoms with Gasteiger partial charge in [-0.3, -0.25) is 9.69 Å². The fourth-order valence-electron chi connectivity index (χ4n) is 1.63. The average Bonchev–Trinajstić information content (AvgIpc) is 2.53. The van der Waals surface area contributed by atoms with Gasteiger partial charge in [-0.05, 0) is 51.4 Å². The predicted octanol–water partition coefficient (Wildman–Crippen LogP) is 3.96. The second kappa shape index (κ2) is 6.87. The van der Waals surface area contributed by atoms with Crippen molar-refractivity contribution >= 4 is 49.2 Å². The first-order valence-electron chi connectivity index (χ1n) is 5.33. The van der Waals surface area contributed by atoms with Crippen molar-refractivity contribution in [2.75, 3.05) is 6.54 Å². The van der Waals surface area contributed by atoms with Crippen LogP contribution in [0.25, 0.3) is 0 Å². The van der Waals surface area contributed by atoms with Crippen LogP contribution in [-0.4, -0.2) is 28.6 Å². The Kier molecular flexibility index (Phi) is 6.12. The number of carbonyl (C=O) groups is 1. The zero-order chi connectivity index (χ0) is 13.0. The van der Waals surface area contributed by atoms with Crippen LogP contribution in [0.1, 0.15) is 25.1 Å². The normalized spacial score (nSPS) is 13.0. The van der Waals surface area contributed by atoms with Crippen LogP contribution in [0.2, 0.25) is 0 Å². The van der Waals surface area contributed by atoms with E-state index in [1.54, 1.807) is 11.3 Å². The molecule has 17 heavy (non-hydrogen) atoms. The lowest BCUT2D eigenvalue weighted by Gasteiger charge is -2.25. The third-order valence-corrected chi connectivity index (χ3v) is 5.80. The first-order valence-corrected chi connectivity index (χ1v) is 7.73. The van der Waals surface area contributed by atoms with Gasteiger partial charge in [0.15, 0.2) is 0 Å². The van der Waals surface area contributed by atoms with Crippen molar-refractivity contribution in [2.45, 2.75) is 32.9 Å². The van der Waals surface area contributed by atoms with Gasteiger partial charge in [0.1, 0.15) is 0 Å². The standard InChI is InChI=1S/C11H15Br2NO2S/c1-3-14(7(2)4-10(15)16)6-8-5-9(12)11(13)17-8/h5,7H,3-4,6H2,1-2H3,(H,15,16). The highest BCUT2D eigenvalue weighted by molar-refractivity contribution is 9.13. The molecule has 0 radical (unpaired) electrons. The monoisotopic (exact) mass is 383 g/mol. The molecule has 0 aromatic carbocycles. The van der Waals surface area contributed by atoms with Gasteiger partial charge in [0.05, 0.1) is 10.2 Å². The van der Waals surface area contributed by atoms with E-state index in [4.69, 9.17) is 5.11 Å². The van der Waals surface area contributed by atoms with Crippen molar-refractivity contribution in [2.24, 2.45) is 0 Å². The number of halogens is 2. The highest BCUT2D eigenvalue weighted by atomic mass is 79.9. The number of rotatable bonds is 6. The molecule has 0 aliphatic carbocycles. The maximum atomic E-state index is 10.7. The molecule has 1 aromatic heterocycles. The summed E-state index contributed by atoms with van der Waals surface area (Å²) in [5.41, 5.74) is 0. The second-order valence-electron chi connectivity index (χ2n) is 3.84. The van der Waals surface area contributed by atoms with Gasteiger partial charge >= 0.3 is 5.97 Å². The van der Waals surface area contributed by atoms with Crippen LogP contribution in [0.3, 0.4) is 0 Å². The number of thiophene rings is 1. The molecule has 96 valence electrons. The summed E-state index contributed by atoms with van der Waals surface area (Å²) in [7, 11) is 0. The van der Waals surface area contributed by atoms with Crippen LogP contribution in [0.4, 0.5) is 0 Å². The number of nitrogens with zero attached hydrogens (tertiary/aromatic N) is 1. The molecule has 0 bridgehead atoms. The van der Waals surface area contributed by atoms with Crippen LogP contribution in [-0.2, 0) is 11.3 Å². The lowest BCUT2D eigenvalue weighted by molar-refractivity contribution is -0.138. The summed E-state index contributed by atoms with van der Waals surface area (Å²) in [5.74, 6) is -0.746. The largest absolute Gasteiger partial charge is 0.481 e. The number of hydrogen-bond acceptors (Lipinski definition) is 3. The minimum absolute atomic E-state index is 0.0529. The Morgan fingerprint density at radius 3 is 2.65 bits per heavy atom. The van der Waals surface area contributed by atoms with Gasteiger partial charge in [-0.2, -0.15) is 0 Å². The van der Waals surface area contributed by atoms with Crippen molar-refractivity contribution in [3.8, 4) is 0 Å². The van der Waals surface area contributed by atoms with Crippen molar-refractivity contribution in [3.63, 3.8) is 0 Å². The minimum Gasteiger partial charge on any atom is -0.481 e. The van der Waals surface area contributed by atoms with Crippen LogP contribution in [0, 0.1) is 0 Å². The Labute approximate surface area is 122 Å². The molecular weight excluding hydrogens is 370 g/mol. The summed E-state index contributed by atoms with van der Waals surface area (Å²) in [6.45, 7) is 5.65. The maximum Gasteiger partial charge on any atom is 0.304 e. The van der Waals surface area contributed by atoms with Gasteiger partial charge in [-0.25, -0.2) is 0 Å². The van der Waals surface area contributed by atoms with E-state index in [0.29, 0.717) is 0 Å². The minimum atomic E-state index is -0.746. The molecule has 1 atom stereocenters. The molecule has 0 saturated carbocycles. The zero-order valence-electron chi connectivity index (χ0n) is 9.74. The first-order chi connectivity index (χ1) is 7.93.